The highest BCUT2D eigenvalue weighted by atomic mass is 32.2. The molecule has 1 aliphatic rings. The third kappa shape index (κ3) is 5.44. The zero-order valence-corrected chi connectivity index (χ0v) is 15.6. The highest BCUT2D eigenvalue weighted by Gasteiger charge is 2.35. The van der Waals surface area contributed by atoms with Gasteiger partial charge in [0.2, 0.25) is 15.9 Å². The summed E-state index contributed by atoms with van der Waals surface area (Å²) < 4.78 is 24.9. The normalized spacial score (nSPS) is 18.2. The fourth-order valence-corrected chi connectivity index (χ4v) is 3.68. The van der Waals surface area contributed by atoms with Gasteiger partial charge in [-0.1, -0.05) is 0 Å². The zero-order valence-electron chi connectivity index (χ0n) is 13.9. The summed E-state index contributed by atoms with van der Waals surface area (Å²) in [5.41, 5.74) is -0.171. The van der Waals surface area contributed by atoms with E-state index in [1.807, 2.05) is 0 Å². The lowest BCUT2D eigenvalue weighted by molar-refractivity contribution is -0.128. The van der Waals surface area contributed by atoms with E-state index in [4.69, 9.17) is 0 Å². The molecule has 0 aromatic heterocycles. The van der Waals surface area contributed by atoms with Gasteiger partial charge in [0, 0.05) is 5.69 Å². The van der Waals surface area contributed by atoms with Crippen molar-refractivity contribution in [2.24, 2.45) is 11.8 Å². The molecule has 1 fully saturated rings. The maximum Gasteiger partial charge on any atom is 0.335 e. The monoisotopic (exact) mass is 401 g/mol. The minimum atomic E-state index is -3.64. The predicted octanol–water partition coefficient (Wildman–Crippen LogP) is 0.377. The number of nitrogens with one attached hydrogen (secondary N) is 3. The summed E-state index contributed by atoms with van der Waals surface area (Å²) in [6.07, 6.45) is 1.56. The number of amides is 1. The van der Waals surface area contributed by atoms with Crippen molar-refractivity contribution in [3.8, 4) is 0 Å². The molecule has 9 nitrogen and oxygen atoms in total. The first kappa shape index (κ1) is 20.2. The van der Waals surface area contributed by atoms with Crippen molar-refractivity contribution in [3.63, 3.8) is 0 Å². The Labute approximate surface area is 156 Å². The van der Waals surface area contributed by atoms with E-state index in [1.54, 1.807) is 0 Å². The first-order valence-corrected chi connectivity index (χ1v) is 10.0. The summed E-state index contributed by atoms with van der Waals surface area (Å²) in [4.78, 5) is 35.5. The molecular weight excluding hydrogens is 382 g/mol. The number of benzene rings is 1. The summed E-state index contributed by atoms with van der Waals surface area (Å²) in [5, 5.41) is 14.1. The van der Waals surface area contributed by atoms with Gasteiger partial charge in [-0.3, -0.25) is 14.3 Å². The molecule has 11 heteroatoms. The molecule has 1 heterocycles. The Morgan fingerprint density at radius 3 is 2.42 bits per heavy atom. The Balaban J connectivity index is 2.29. The Hall–Kier alpha value is -2.11. The van der Waals surface area contributed by atoms with Gasteiger partial charge in [-0.05, 0) is 43.6 Å². The first-order chi connectivity index (χ1) is 12.1. The number of hydrogen-bond donors (Lipinski definition) is 5. The minimum absolute atomic E-state index is 0.0148. The molecule has 1 amide bonds. The third-order valence-corrected chi connectivity index (χ3v) is 4.75. The molecule has 2 unspecified atom stereocenters. The van der Waals surface area contributed by atoms with E-state index in [1.165, 1.54) is 12.1 Å². The molecule has 0 aliphatic carbocycles. The average Bonchev–Trinajstić information content (AvgIpc) is 2.98. The Morgan fingerprint density at radius 2 is 1.92 bits per heavy atom. The number of carbonyl (C=O) groups excluding carboxylic acids is 2. The number of carbonyl (C=O) groups is 3. The molecule has 0 bridgehead atoms. The van der Waals surface area contributed by atoms with Crippen LogP contribution in [0.25, 0.3) is 0 Å². The van der Waals surface area contributed by atoms with Gasteiger partial charge in [0.1, 0.15) is 5.92 Å². The molecule has 0 spiro atoms. The quantitative estimate of drug-likeness (QED) is 0.328. The second kappa shape index (κ2) is 8.06. The first-order valence-electron chi connectivity index (χ1n) is 7.67. The molecular formula is C15H19N3O6S2. The van der Waals surface area contributed by atoms with Crippen LogP contribution < -0.4 is 15.4 Å². The van der Waals surface area contributed by atoms with Crippen molar-refractivity contribution in [2.75, 3.05) is 29.4 Å². The van der Waals surface area contributed by atoms with Crippen LogP contribution in [0.4, 0.5) is 11.4 Å². The van der Waals surface area contributed by atoms with Crippen LogP contribution in [0, 0.1) is 11.8 Å². The summed E-state index contributed by atoms with van der Waals surface area (Å²) in [6.45, 7) is 1.19. The van der Waals surface area contributed by atoms with Gasteiger partial charge in [-0.15, -0.1) is 12.6 Å². The van der Waals surface area contributed by atoms with Gasteiger partial charge in [-0.2, -0.15) is 0 Å². The molecule has 2 rings (SSSR count). The number of thiol groups is 1. The topological polar surface area (TPSA) is 142 Å². The highest BCUT2D eigenvalue weighted by Crippen LogP contribution is 2.25. The van der Waals surface area contributed by atoms with Crippen LogP contribution in [0.2, 0.25) is 0 Å². The lowest BCUT2D eigenvalue weighted by Crippen LogP contribution is -2.34. The van der Waals surface area contributed by atoms with Crippen LogP contribution in [0.5, 0.6) is 0 Å². The number of carboxylic acid groups (broad SMARTS) is 1. The Morgan fingerprint density at radius 1 is 1.27 bits per heavy atom. The number of rotatable bonds is 7. The molecule has 2 atom stereocenters. The summed E-state index contributed by atoms with van der Waals surface area (Å²) in [6, 6.07) is 3.58. The predicted molar refractivity (Wildman–Crippen MR) is 99.0 cm³/mol. The van der Waals surface area contributed by atoms with Crippen LogP contribution in [0.15, 0.2) is 18.2 Å². The molecule has 1 aliphatic heterocycles. The summed E-state index contributed by atoms with van der Waals surface area (Å²) in [7, 11) is -3.64. The lowest BCUT2D eigenvalue weighted by atomic mass is 9.91. The van der Waals surface area contributed by atoms with Crippen LogP contribution in [0.3, 0.4) is 0 Å². The molecule has 1 aromatic rings. The second-order valence-corrected chi connectivity index (χ2v) is 8.23. The fraction of sp³-hybridized carbons (Fsp3) is 0.400. The molecule has 142 valence electrons. The zero-order chi connectivity index (χ0) is 19.5. The minimum Gasteiger partial charge on any atom is -0.478 e. The maximum atomic E-state index is 12.5. The SMILES string of the molecule is CS(=O)(=O)Nc1cc(NC(=O)C(C(=O)S)C2CCNC2)cc(C(=O)O)c1. The maximum absolute atomic E-state index is 12.5. The summed E-state index contributed by atoms with van der Waals surface area (Å²) >= 11 is 3.79. The number of carboxylic acids is 1. The van der Waals surface area contributed by atoms with Crippen LogP contribution in [-0.4, -0.2) is 49.9 Å². The smallest absolute Gasteiger partial charge is 0.335 e. The molecule has 0 saturated carbocycles. The van der Waals surface area contributed by atoms with Gasteiger partial charge in [0.15, 0.2) is 5.12 Å². The molecule has 1 aromatic carbocycles. The van der Waals surface area contributed by atoms with E-state index < -0.39 is 32.9 Å². The largest absolute Gasteiger partial charge is 0.478 e. The standard InChI is InChI=1S/C15H19N3O6S2/c1-26(23,24)18-11-5-9(14(20)21)4-10(6-11)17-13(19)12(15(22)25)8-2-3-16-7-8/h4-6,8,12,16,18H,2-3,7H2,1H3,(H,17,19)(H,20,21)(H,22,25). The van der Waals surface area contributed by atoms with E-state index in [0.29, 0.717) is 19.5 Å². The number of sulfonamides is 1. The van der Waals surface area contributed by atoms with Crippen molar-refractivity contribution >= 4 is 51.0 Å². The Kier molecular flexibility index (Phi) is 6.26. The second-order valence-electron chi connectivity index (χ2n) is 6.04. The van der Waals surface area contributed by atoms with E-state index >= 15 is 0 Å². The van der Waals surface area contributed by atoms with Crippen molar-refractivity contribution in [2.45, 2.75) is 6.42 Å². The van der Waals surface area contributed by atoms with E-state index in [-0.39, 0.29) is 22.9 Å². The molecule has 26 heavy (non-hydrogen) atoms. The van der Waals surface area contributed by atoms with Gasteiger partial charge in [-0.25, -0.2) is 13.2 Å². The number of aromatic carboxylic acids is 1. The van der Waals surface area contributed by atoms with E-state index in [9.17, 15) is 27.9 Å². The lowest BCUT2D eigenvalue weighted by Gasteiger charge is -2.19. The number of anilines is 2. The van der Waals surface area contributed by atoms with Crippen molar-refractivity contribution in [3.05, 3.63) is 23.8 Å². The highest BCUT2D eigenvalue weighted by molar-refractivity contribution is 7.96. The fourth-order valence-electron chi connectivity index (χ4n) is 2.81. The molecule has 1 saturated heterocycles. The van der Waals surface area contributed by atoms with Crippen molar-refractivity contribution < 1.29 is 27.9 Å². The van der Waals surface area contributed by atoms with Crippen LogP contribution in [-0.2, 0) is 19.6 Å². The number of hydrogen-bond acceptors (Lipinski definition) is 6. The van der Waals surface area contributed by atoms with E-state index in [0.717, 1.165) is 12.3 Å². The summed E-state index contributed by atoms with van der Waals surface area (Å²) in [5.74, 6) is -3.12. The third-order valence-electron chi connectivity index (χ3n) is 3.87. The van der Waals surface area contributed by atoms with Gasteiger partial charge in [0.05, 0.1) is 17.5 Å². The van der Waals surface area contributed by atoms with Crippen LogP contribution in [0.1, 0.15) is 16.8 Å². The van der Waals surface area contributed by atoms with Crippen molar-refractivity contribution in [1.29, 1.82) is 0 Å². The van der Waals surface area contributed by atoms with Gasteiger partial charge >= 0.3 is 5.97 Å². The average molecular weight is 401 g/mol. The van der Waals surface area contributed by atoms with E-state index in [2.05, 4.69) is 28.0 Å². The van der Waals surface area contributed by atoms with Gasteiger partial charge in [0.25, 0.3) is 0 Å². The molecule has 4 N–H and O–H groups in total. The van der Waals surface area contributed by atoms with Gasteiger partial charge < -0.3 is 15.7 Å². The Bertz CT molecular complexity index is 834. The molecule has 0 radical (unpaired) electrons. The van der Waals surface area contributed by atoms with Crippen molar-refractivity contribution in [1.82, 2.24) is 5.32 Å². The van der Waals surface area contributed by atoms with Crippen LogP contribution >= 0.6 is 12.6 Å².